The molecule has 113 heavy (non-hydrogen) atoms. The Morgan fingerprint density at radius 3 is 1.04 bits per heavy atom. The standard InChI is InChI=1S/C26H36N2O.C25H34N2O2.C25H34N2O.C24H32N2O/c1-4-18-15-19(17-27-16-18)21-8-9-22-20-11-14-28-24(29)7-5-6-12-26(28,3)23(20)10-13-25(21,22)2;1-24-12-9-22-19(10-13-27-23(28)6-4-5-11-25(22,27)2)21(24)8-7-20(24)17-14-18(29-3)16-26-15-17;1-17-14-18(16-26-15-17)20-7-8-21-19-10-13-27-23(28)6-4-5-11-25(27,3)22(19)9-12-24(20,21)2;1-23-13-10-21-18(11-15-26-22(27)7-3-4-12-24(21,26)2)20(23)9-8-19(23)17-6-5-14-25-16-17/h8,15-17,20,22-23H,4-7,9-14H2,1-3H3;7,14-16,19,21-22H,4-6,8-13H2,1-3H3;7,14-16,19,21-22H,4-6,8-13H2,1-3H3;5-6,8,14,16,18,20-21H,3-4,7,9-13,15H2,1-2H3/t20-,22-,23?,25+,26+;2*19-,21-,22?,24+,25+;18-,20-,21?,23+,24+/m0000/s1. The van der Waals surface area contributed by atoms with Crippen molar-refractivity contribution in [2.24, 2.45) is 92.7 Å². The molecule has 4 aromatic rings. The molecule has 0 radical (unpaired) electrons. The Balaban J connectivity index is 0.000000109. The monoisotopic (exact) mass is 1530 g/mol. The number of hydrogen-bond acceptors (Lipinski definition) is 9. The Bertz CT molecular complexity index is 4250. The van der Waals surface area contributed by atoms with Gasteiger partial charge in [0.25, 0.3) is 0 Å². The Labute approximate surface area is 678 Å². The van der Waals surface area contributed by atoms with Crippen LogP contribution in [0.3, 0.4) is 0 Å². The summed E-state index contributed by atoms with van der Waals surface area (Å²) in [6, 6.07) is 11.1. The van der Waals surface area contributed by atoms with Crippen molar-refractivity contribution in [2.45, 2.75) is 303 Å². The maximum absolute atomic E-state index is 12.8. The van der Waals surface area contributed by atoms with Gasteiger partial charge in [0.1, 0.15) is 5.75 Å². The van der Waals surface area contributed by atoms with Crippen LogP contribution in [0.4, 0.5) is 0 Å². The van der Waals surface area contributed by atoms with Gasteiger partial charge in [0, 0.05) is 117 Å². The van der Waals surface area contributed by atoms with E-state index in [9.17, 15) is 19.2 Å². The van der Waals surface area contributed by atoms with Crippen LogP contribution in [0.15, 0.2) is 104 Å². The van der Waals surface area contributed by atoms with Crippen LogP contribution in [0.1, 0.15) is 301 Å². The molecule has 4 amide bonds. The van der Waals surface area contributed by atoms with Crippen LogP contribution in [0, 0.1) is 99.6 Å². The zero-order valence-corrected chi connectivity index (χ0v) is 71.0. The Hall–Kier alpha value is -6.76. The molecule has 0 N–H and O–H groups in total. The second kappa shape index (κ2) is 30.6. The maximum atomic E-state index is 12.8. The van der Waals surface area contributed by atoms with E-state index in [4.69, 9.17) is 4.74 Å². The van der Waals surface area contributed by atoms with Crippen LogP contribution in [-0.4, -0.2) is 119 Å². The van der Waals surface area contributed by atoms with Crippen molar-refractivity contribution >= 4 is 45.9 Å². The molecule has 20 rings (SSSR count). The summed E-state index contributed by atoms with van der Waals surface area (Å²) in [5.74, 6) is 11.0. The van der Waals surface area contributed by atoms with Gasteiger partial charge in [0.05, 0.1) is 13.3 Å². The molecule has 0 bridgehead atoms. The predicted octanol–water partition coefficient (Wildman–Crippen LogP) is 21.2. The van der Waals surface area contributed by atoms with Crippen molar-refractivity contribution in [1.29, 1.82) is 0 Å². The van der Waals surface area contributed by atoms with Crippen molar-refractivity contribution < 1.29 is 23.9 Å². The third-order valence-electron chi connectivity index (χ3n) is 35.9. The van der Waals surface area contributed by atoms with Gasteiger partial charge in [0.2, 0.25) is 23.6 Å². The molecule has 4 saturated carbocycles. The van der Waals surface area contributed by atoms with Crippen LogP contribution < -0.4 is 4.74 Å². The highest BCUT2D eigenvalue weighted by Gasteiger charge is 2.64. The lowest BCUT2D eigenvalue weighted by Crippen LogP contribution is -2.62. The molecule has 12 fully saturated rings. The van der Waals surface area contributed by atoms with Crippen molar-refractivity contribution in [3.63, 3.8) is 0 Å². The highest BCUT2D eigenvalue weighted by molar-refractivity contribution is 5.81. The molecule has 4 unspecified atom stereocenters. The lowest BCUT2D eigenvalue weighted by Gasteiger charge is -2.59. The van der Waals surface area contributed by atoms with Gasteiger partial charge in [-0.2, -0.15) is 0 Å². The van der Waals surface area contributed by atoms with E-state index in [1.165, 1.54) is 198 Å². The first-order valence-electron chi connectivity index (χ1n) is 45.7. The zero-order valence-electron chi connectivity index (χ0n) is 71.0. The number of hydrogen-bond donors (Lipinski definition) is 0. The first-order valence-corrected chi connectivity index (χ1v) is 45.7. The number of pyridine rings is 4. The number of rotatable bonds is 6. The molecule has 16 aliphatic rings. The Morgan fingerprint density at radius 1 is 0.372 bits per heavy atom. The highest BCUT2D eigenvalue weighted by Crippen LogP contribution is 2.69. The quantitative estimate of drug-likeness (QED) is 0.184. The molecule has 8 aliphatic carbocycles. The Kier molecular flexibility index (Phi) is 21.3. The van der Waals surface area contributed by atoms with E-state index in [-0.39, 0.29) is 43.8 Å². The van der Waals surface area contributed by atoms with Gasteiger partial charge in [-0.05, 0) is 368 Å². The molecule has 4 aromatic heterocycles. The van der Waals surface area contributed by atoms with Gasteiger partial charge >= 0.3 is 0 Å². The van der Waals surface area contributed by atoms with Crippen molar-refractivity contribution in [1.82, 2.24) is 39.5 Å². The highest BCUT2D eigenvalue weighted by atomic mass is 16.5. The van der Waals surface area contributed by atoms with E-state index in [1.54, 1.807) is 18.9 Å². The topological polar surface area (TPSA) is 142 Å². The van der Waals surface area contributed by atoms with Gasteiger partial charge in [-0.1, -0.05) is 90.7 Å². The number of amides is 4. The number of carbonyl (C=O) groups excluding carboxylic acids is 4. The summed E-state index contributed by atoms with van der Waals surface area (Å²) >= 11 is 0. The van der Waals surface area contributed by atoms with E-state index in [0.717, 1.165) is 132 Å². The smallest absolute Gasteiger partial charge is 0.223 e. The SMILES string of the molecule is CCc1cncc(C2=CC[C@H]3[C@@H]4CCN5C(=O)CCCC[C@]5(C)C4CC[C@]23C)c1.COc1cncc(C2=CC[C@H]3[C@@H]4CCN5C(=O)CCCC[C@]5(C)C4CC[C@]23C)c1.C[C@]12CCC3[C@@H](CCN4C(=O)CCCC[C@]34C)[C@@H]1CC=C2c1cccnc1.Cc1cncc(C2=CC[C@H]3[C@@H]4CCN5C(=O)CCCC[C@]5(C)C4CC[C@]23C)c1. The number of methoxy groups -OCH3 is 1. The number of nitrogens with zero attached hydrogens (tertiary/aromatic N) is 8. The lowest BCUT2D eigenvalue weighted by atomic mass is 9.52. The summed E-state index contributed by atoms with van der Waals surface area (Å²) < 4.78 is 5.44. The fraction of sp³-hybridized carbons (Fsp3) is 0.680. The van der Waals surface area contributed by atoms with Crippen LogP contribution in [0.2, 0.25) is 0 Å². The second-order valence-electron chi connectivity index (χ2n) is 40.9. The Morgan fingerprint density at radius 2 is 0.699 bits per heavy atom. The summed E-state index contributed by atoms with van der Waals surface area (Å²) in [7, 11) is 1.71. The van der Waals surface area contributed by atoms with E-state index in [2.05, 4.69) is 176 Å². The number of carbonyl (C=O) groups is 4. The molecule has 8 saturated heterocycles. The van der Waals surface area contributed by atoms with Gasteiger partial charge < -0.3 is 24.3 Å². The van der Waals surface area contributed by atoms with Gasteiger partial charge in [-0.15, -0.1) is 0 Å². The molecule has 0 spiro atoms. The minimum atomic E-state index is 0.0676. The fourth-order valence-electron chi connectivity index (χ4n) is 30.1. The van der Waals surface area contributed by atoms with E-state index in [0.29, 0.717) is 59.1 Å². The summed E-state index contributed by atoms with van der Waals surface area (Å²) in [5, 5.41) is 0. The number of aromatic nitrogens is 4. The number of fused-ring (bicyclic) bond motifs is 20. The number of ether oxygens (including phenoxy) is 1. The molecule has 13 nitrogen and oxygen atoms in total. The summed E-state index contributed by atoms with van der Waals surface area (Å²) in [6.45, 7) is 27.9. The summed E-state index contributed by atoms with van der Waals surface area (Å²) in [6.07, 6.45) is 63.3. The average molecular weight is 1530 g/mol. The molecule has 20 atom stereocenters. The minimum Gasteiger partial charge on any atom is -0.495 e. The number of aryl methyl sites for hydroxylation is 2. The number of allylic oxidation sites excluding steroid dienone is 8. The molecular formula is C100H136N8O5. The largest absolute Gasteiger partial charge is 0.495 e. The molecule has 13 heteroatoms. The van der Waals surface area contributed by atoms with Gasteiger partial charge in [-0.3, -0.25) is 39.1 Å². The third kappa shape index (κ3) is 13.2. The van der Waals surface area contributed by atoms with Crippen molar-refractivity contribution in [3.05, 3.63) is 138 Å². The minimum absolute atomic E-state index is 0.0676. The predicted molar refractivity (Wildman–Crippen MR) is 452 cm³/mol. The molecule has 12 heterocycles. The van der Waals surface area contributed by atoms with E-state index >= 15 is 0 Å². The van der Waals surface area contributed by atoms with E-state index in [1.807, 2.05) is 31.0 Å². The van der Waals surface area contributed by atoms with Gasteiger partial charge in [0.15, 0.2) is 0 Å². The zero-order chi connectivity index (χ0) is 78.6. The first-order chi connectivity index (χ1) is 54.4. The van der Waals surface area contributed by atoms with Crippen LogP contribution in [-0.2, 0) is 25.6 Å². The normalized spacial score (nSPS) is 40.0. The van der Waals surface area contributed by atoms with E-state index < -0.39 is 0 Å². The van der Waals surface area contributed by atoms with Crippen LogP contribution in [0.5, 0.6) is 5.75 Å². The van der Waals surface area contributed by atoms with Crippen molar-refractivity contribution in [2.75, 3.05) is 33.3 Å². The second-order valence-corrected chi connectivity index (χ2v) is 40.9. The summed E-state index contributed by atoms with van der Waals surface area (Å²) in [5.41, 5.74) is 15.2. The lowest BCUT2D eigenvalue weighted by molar-refractivity contribution is -0.151. The third-order valence-corrected chi connectivity index (χ3v) is 35.9. The molecule has 8 aliphatic heterocycles. The summed E-state index contributed by atoms with van der Waals surface area (Å²) in [4.78, 5) is 78.2. The molecule has 0 aromatic carbocycles. The maximum Gasteiger partial charge on any atom is 0.223 e. The fourth-order valence-corrected chi connectivity index (χ4v) is 30.1. The first kappa shape index (κ1) is 78.7. The molecule has 606 valence electrons. The number of piperidine rings is 4. The van der Waals surface area contributed by atoms with Crippen molar-refractivity contribution in [3.8, 4) is 5.75 Å². The molecular weight excluding hydrogens is 1390 g/mol. The van der Waals surface area contributed by atoms with Crippen LogP contribution in [0.25, 0.3) is 22.3 Å². The average Bonchev–Trinajstić information content (AvgIpc) is 1.67. The van der Waals surface area contributed by atoms with Crippen LogP contribution >= 0.6 is 0 Å². The van der Waals surface area contributed by atoms with Gasteiger partial charge in [-0.25, -0.2) is 0 Å².